The summed E-state index contributed by atoms with van der Waals surface area (Å²) in [7, 11) is 0. The minimum Gasteiger partial charge on any atom is -0.294 e. The summed E-state index contributed by atoms with van der Waals surface area (Å²) >= 11 is 0. The number of hydrogen-bond donors (Lipinski definition) is 0. The monoisotopic (exact) mass is 1530 g/mol. The number of pyridine rings is 6. The normalized spacial score (nSPS) is 11.8. The van der Waals surface area contributed by atoms with Crippen LogP contribution in [0.5, 0.6) is 0 Å². The summed E-state index contributed by atoms with van der Waals surface area (Å²) in [6.07, 6.45) is 11.4. The quantitative estimate of drug-likeness (QED) is 0.165. The Labute approximate surface area is 693 Å². The van der Waals surface area contributed by atoms with Gasteiger partial charge < -0.3 is 0 Å². The predicted octanol–water partition coefficient (Wildman–Crippen LogP) is 28.6. The van der Waals surface area contributed by atoms with Gasteiger partial charge in [0, 0.05) is 86.2 Å². The molecule has 0 radical (unpaired) electrons. The van der Waals surface area contributed by atoms with Gasteiger partial charge in [0.05, 0.1) is 50.2 Å². The standard InChI is InChI=1S/C33H27N3.C21H20N2.C21H21N.C15H17N.2C9H13N/c1-33(2,3)22-20-31(35-27-16-8-4-12-23(27)24-13-5-9-17-28(24)35)34-32(21-22)36-29-18-10-6-14-25(29)26-15-7-11-19-30(26)36;1-21(2,3)15-12-13-20(22-14-15)23-18-10-6-4-8-16(18)17-9-5-7-11-19(17)23;1-21(2,3)18-14-19(16-10-6-4-7-11-16)22-20(15-18)17-12-8-5-9-13-17;1-15(2,3)13-9-10-14(16-11-13)12-7-5-4-6-8-12;1-9(2,3)8-4-6-10-7-5-8;1-9(2,3)8-5-4-6-10-7-8/h4-21H,1-3H3;4-14H,1-3H3;4-15H,1-3H3;4-11H,1-3H3;2*4-7H,1-3H3. The van der Waals surface area contributed by atoms with Gasteiger partial charge in [0.15, 0.2) is 0 Å². The Kier molecular flexibility index (Phi) is 24.4. The Morgan fingerprint density at radius 3 is 0.786 bits per heavy atom. The number of hydrogen-bond acceptors (Lipinski definition) is 6. The number of para-hydroxylation sites is 6. The van der Waals surface area contributed by atoms with E-state index < -0.39 is 0 Å². The molecule has 18 rings (SSSR count). The molecule has 0 amide bonds. The molecule has 9 heterocycles. The van der Waals surface area contributed by atoms with Gasteiger partial charge in [0.25, 0.3) is 0 Å². The first-order chi connectivity index (χ1) is 55.9. The van der Waals surface area contributed by atoms with Crippen molar-refractivity contribution in [3.8, 4) is 51.2 Å². The van der Waals surface area contributed by atoms with E-state index in [1.807, 2.05) is 67.4 Å². The second kappa shape index (κ2) is 34.8. The van der Waals surface area contributed by atoms with Gasteiger partial charge >= 0.3 is 0 Å². The smallest absolute Gasteiger partial charge is 0.140 e. The van der Waals surface area contributed by atoms with Crippen LogP contribution in [0.1, 0.15) is 158 Å². The first-order valence-electron chi connectivity index (χ1n) is 40.8. The maximum absolute atomic E-state index is 5.36. The van der Waals surface area contributed by atoms with Crippen molar-refractivity contribution in [3.63, 3.8) is 0 Å². The van der Waals surface area contributed by atoms with Crippen LogP contribution < -0.4 is 0 Å². The number of aromatic nitrogens is 9. The minimum absolute atomic E-state index is 0.0377. The second-order valence-corrected chi connectivity index (χ2v) is 36.2. The maximum Gasteiger partial charge on any atom is 0.140 e. The second-order valence-electron chi connectivity index (χ2n) is 36.2. The van der Waals surface area contributed by atoms with Crippen molar-refractivity contribution in [1.82, 2.24) is 43.6 Å². The van der Waals surface area contributed by atoms with Gasteiger partial charge in [-0.15, -0.1) is 0 Å². The van der Waals surface area contributed by atoms with Crippen LogP contribution in [0.25, 0.3) is 117 Å². The third-order valence-corrected chi connectivity index (χ3v) is 21.3. The van der Waals surface area contributed by atoms with Crippen LogP contribution in [0.15, 0.2) is 347 Å². The zero-order valence-corrected chi connectivity index (χ0v) is 71.4. The van der Waals surface area contributed by atoms with Crippen molar-refractivity contribution in [2.45, 2.75) is 157 Å². The molecule has 117 heavy (non-hydrogen) atoms. The van der Waals surface area contributed by atoms with Crippen LogP contribution in [0, 0.1) is 0 Å². The summed E-state index contributed by atoms with van der Waals surface area (Å²) < 4.78 is 6.88. The molecule has 0 aliphatic rings. The Bertz CT molecular complexity index is 5920. The van der Waals surface area contributed by atoms with E-state index in [0.717, 1.165) is 45.7 Å². The SMILES string of the molecule is CC(C)(C)c1cc(-c2ccccc2)nc(-c2ccccc2)c1.CC(C)(C)c1cc(-n2c3ccccc3c3ccccc32)nc(-n2c3ccccc3c3ccccc32)c1.CC(C)(C)c1ccc(-c2ccccc2)nc1.CC(C)(C)c1ccc(-n2c3ccccc3c3ccccc32)nc1.CC(C)(C)c1cccnc1.CC(C)(C)c1ccncc1. The number of nitrogens with zero attached hydrogens (tertiary/aromatic N) is 9. The van der Waals surface area contributed by atoms with Gasteiger partial charge in [-0.05, 0) is 157 Å². The number of benzene rings is 9. The molecule has 9 aromatic carbocycles. The Morgan fingerprint density at radius 1 is 0.197 bits per heavy atom. The van der Waals surface area contributed by atoms with E-state index in [0.29, 0.717) is 0 Å². The predicted molar refractivity (Wildman–Crippen MR) is 497 cm³/mol. The van der Waals surface area contributed by atoms with Crippen molar-refractivity contribution >= 4 is 65.4 Å². The van der Waals surface area contributed by atoms with E-state index in [1.54, 1.807) is 6.20 Å². The average Bonchev–Trinajstić information content (AvgIpc) is 1.53. The summed E-state index contributed by atoms with van der Waals surface area (Å²) in [5.41, 5.74) is 22.2. The summed E-state index contributed by atoms with van der Waals surface area (Å²) in [6.45, 7) is 39.9. The Balaban J connectivity index is 0.000000129. The average molecular weight is 1540 g/mol. The molecule has 18 aromatic rings. The van der Waals surface area contributed by atoms with E-state index >= 15 is 0 Å². The van der Waals surface area contributed by atoms with Gasteiger partial charge in [0.1, 0.15) is 17.5 Å². The van der Waals surface area contributed by atoms with Crippen molar-refractivity contribution in [2.24, 2.45) is 0 Å². The highest BCUT2D eigenvalue weighted by Gasteiger charge is 2.24. The van der Waals surface area contributed by atoms with Crippen LogP contribution >= 0.6 is 0 Å². The van der Waals surface area contributed by atoms with E-state index in [2.05, 4.69) is 426 Å². The van der Waals surface area contributed by atoms with Crippen molar-refractivity contribution in [1.29, 1.82) is 0 Å². The van der Waals surface area contributed by atoms with Crippen molar-refractivity contribution in [2.75, 3.05) is 0 Å². The lowest BCUT2D eigenvalue weighted by atomic mass is 9.85. The minimum atomic E-state index is -0.0377. The fourth-order valence-corrected chi connectivity index (χ4v) is 14.4. The van der Waals surface area contributed by atoms with Crippen LogP contribution in [0.4, 0.5) is 0 Å². The highest BCUT2D eigenvalue weighted by Crippen LogP contribution is 2.39. The molecule has 0 N–H and O–H groups in total. The van der Waals surface area contributed by atoms with Crippen molar-refractivity contribution < 1.29 is 0 Å². The molecule has 0 spiro atoms. The first-order valence-corrected chi connectivity index (χ1v) is 40.8. The molecule has 0 bridgehead atoms. The molecule has 0 aliphatic heterocycles. The van der Waals surface area contributed by atoms with Crippen LogP contribution in [-0.2, 0) is 32.5 Å². The number of rotatable bonds is 6. The molecule has 0 saturated carbocycles. The summed E-state index contributed by atoms with van der Waals surface area (Å²) in [4.78, 5) is 27.5. The fourth-order valence-electron chi connectivity index (χ4n) is 14.4. The van der Waals surface area contributed by atoms with E-state index in [9.17, 15) is 0 Å². The Morgan fingerprint density at radius 2 is 0.496 bits per heavy atom. The first kappa shape index (κ1) is 82.3. The molecule has 9 nitrogen and oxygen atoms in total. The molecule has 588 valence electrons. The molecular formula is C108H111N9. The number of fused-ring (bicyclic) bond motifs is 9. The van der Waals surface area contributed by atoms with Gasteiger partial charge in [-0.25, -0.2) is 15.0 Å². The van der Waals surface area contributed by atoms with Crippen LogP contribution in [0.3, 0.4) is 0 Å². The third-order valence-electron chi connectivity index (χ3n) is 21.3. The van der Waals surface area contributed by atoms with Crippen molar-refractivity contribution in [3.05, 3.63) is 380 Å². The lowest BCUT2D eigenvalue weighted by Gasteiger charge is -2.22. The van der Waals surface area contributed by atoms with Crippen LogP contribution in [-0.4, -0.2) is 43.6 Å². The molecule has 0 unspecified atom stereocenters. The summed E-state index contributed by atoms with van der Waals surface area (Å²) in [6, 6.07) is 108. The Hall–Kier alpha value is -12.7. The molecular weight excluding hydrogens is 1420 g/mol. The largest absolute Gasteiger partial charge is 0.294 e. The summed E-state index contributed by atoms with van der Waals surface area (Å²) in [5, 5.41) is 7.52. The van der Waals surface area contributed by atoms with Gasteiger partial charge in [-0.3, -0.25) is 28.7 Å². The lowest BCUT2D eigenvalue weighted by Crippen LogP contribution is -2.14. The molecule has 0 fully saturated rings. The van der Waals surface area contributed by atoms with E-state index in [1.165, 1.54) is 104 Å². The molecule has 9 heteroatoms. The van der Waals surface area contributed by atoms with Crippen LogP contribution in [0.2, 0.25) is 0 Å². The zero-order chi connectivity index (χ0) is 82.9. The molecule has 0 aliphatic carbocycles. The molecule has 0 atom stereocenters. The summed E-state index contributed by atoms with van der Waals surface area (Å²) in [5.74, 6) is 2.85. The molecule has 0 saturated heterocycles. The van der Waals surface area contributed by atoms with Gasteiger partial charge in [-0.2, -0.15) is 0 Å². The molecule has 9 aromatic heterocycles. The highest BCUT2D eigenvalue weighted by molar-refractivity contribution is 6.11. The van der Waals surface area contributed by atoms with Gasteiger partial charge in [0.2, 0.25) is 0 Å². The highest BCUT2D eigenvalue weighted by atomic mass is 15.1. The van der Waals surface area contributed by atoms with E-state index in [4.69, 9.17) is 15.0 Å². The zero-order valence-electron chi connectivity index (χ0n) is 71.4. The topological polar surface area (TPSA) is 92.1 Å². The third kappa shape index (κ3) is 19.5. The van der Waals surface area contributed by atoms with Gasteiger partial charge in [-0.1, -0.05) is 343 Å². The van der Waals surface area contributed by atoms with E-state index in [-0.39, 0.29) is 32.5 Å². The maximum atomic E-state index is 5.36. The lowest BCUT2D eigenvalue weighted by molar-refractivity contribution is 0.587. The fraction of sp³-hybridized carbons (Fsp3) is 0.222.